The molecule has 8 heteroatoms. The summed E-state index contributed by atoms with van der Waals surface area (Å²) in [5, 5.41) is 7.54. The Kier molecular flexibility index (Phi) is 3.62. The van der Waals surface area contributed by atoms with Gasteiger partial charge in [0.05, 0.1) is 14.2 Å². The molecule has 1 heterocycles. The highest BCUT2D eigenvalue weighted by Gasteiger charge is 2.11. The topological polar surface area (TPSA) is 115 Å². The number of anilines is 1. The smallest absolute Gasteiger partial charge is 0.279 e. The monoisotopic (exact) mass is 263 g/mol. The molecule has 100 valence electrons. The summed E-state index contributed by atoms with van der Waals surface area (Å²) in [4.78, 5) is 14.3. The maximum atomic E-state index is 11.8. The van der Waals surface area contributed by atoms with Crippen LogP contribution in [0.4, 0.5) is 5.95 Å². The van der Waals surface area contributed by atoms with E-state index < -0.39 is 5.56 Å². The van der Waals surface area contributed by atoms with E-state index in [1.54, 1.807) is 18.2 Å². The predicted molar refractivity (Wildman–Crippen MR) is 69.0 cm³/mol. The van der Waals surface area contributed by atoms with Crippen molar-refractivity contribution in [1.82, 2.24) is 15.2 Å². The number of H-pyrrole nitrogens is 1. The van der Waals surface area contributed by atoms with Crippen LogP contribution < -0.4 is 26.3 Å². The molecular weight excluding hydrogens is 250 g/mol. The Morgan fingerprint density at radius 2 is 1.95 bits per heavy atom. The largest absolute Gasteiger partial charge is 0.493 e. The molecule has 0 unspecified atom stereocenters. The fourth-order valence-electron chi connectivity index (χ4n) is 1.57. The van der Waals surface area contributed by atoms with Gasteiger partial charge in [-0.1, -0.05) is 0 Å². The molecule has 2 aromatic rings. The summed E-state index contributed by atoms with van der Waals surface area (Å²) >= 11 is 0. The summed E-state index contributed by atoms with van der Waals surface area (Å²) < 4.78 is 10.3. The standard InChI is InChI=1S/C11H13N5O3/c1-18-7-4-3-6(5-8(7)19-2)9-10(17)13-11(14-12)16-15-9/h3-5H,12H2,1-2H3,(H2,13,14,16,17). The molecule has 0 bridgehead atoms. The van der Waals surface area contributed by atoms with Gasteiger partial charge in [-0.3, -0.25) is 15.2 Å². The molecule has 0 atom stereocenters. The zero-order chi connectivity index (χ0) is 13.8. The van der Waals surface area contributed by atoms with Crippen molar-refractivity contribution < 1.29 is 9.47 Å². The number of aromatic nitrogens is 3. The number of aromatic amines is 1. The lowest BCUT2D eigenvalue weighted by Gasteiger charge is -2.08. The number of nitrogens with zero attached hydrogens (tertiary/aromatic N) is 2. The Labute approximate surface area is 108 Å². The third-order valence-electron chi connectivity index (χ3n) is 2.49. The van der Waals surface area contributed by atoms with Crippen LogP contribution in [0.2, 0.25) is 0 Å². The highest BCUT2D eigenvalue weighted by atomic mass is 16.5. The minimum atomic E-state index is -0.407. The molecule has 0 fully saturated rings. The van der Waals surface area contributed by atoms with Gasteiger partial charge in [0.15, 0.2) is 17.2 Å². The van der Waals surface area contributed by atoms with E-state index in [4.69, 9.17) is 15.3 Å². The van der Waals surface area contributed by atoms with Crippen molar-refractivity contribution in [2.45, 2.75) is 0 Å². The first kappa shape index (κ1) is 12.8. The molecule has 4 N–H and O–H groups in total. The summed E-state index contributed by atoms with van der Waals surface area (Å²) in [6.07, 6.45) is 0. The quantitative estimate of drug-likeness (QED) is 0.530. The number of nitrogen functional groups attached to an aromatic ring is 1. The van der Waals surface area contributed by atoms with Gasteiger partial charge in [0, 0.05) is 5.56 Å². The number of ether oxygens (including phenoxy) is 2. The van der Waals surface area contributed by atoms with Gasteiger partial charge in [0.1, 0.15) is 0 Å². The van der Waals surface area contributed by atoms with E-state index in [0.29, 0.717) is 17.1 Å². The Balaban J connectivity index is 2.50. The van der Waals surface area contributed by atoms with Crippen LogP contribution in [0.1, 0.15) is 0 Å². The summed E-state index contributed by atoms with van der Waals surface area (Å²) in [6.45, 7) is 0. The third-order valence-corrected chi connectivity index (χ3v) is 2.49. The Hall–Kier alpha value is -2.61. The van der Waals surface area contributed by atoms with E-state index in [1.165, 1.54) is 14.2 Å². The van der Waals surface area contributed by atoms with Gasteiger partial charge in [-0.25, -0.2) is 5.84 Å². The second kappa shape index (κ2) is 5.36. The van der Waals surface area contributed by atoms with E-state index in [-0.39, 0.29) is 11.6 Å². The Morgan fingerprint density at radius 1 is 1.21 bits per heavy atom. The van der Waals surface area contributed by atoms with Crippen molar-refractivity contribution in [1.29, 1.82) is 0 Å². The number of hydrazine groups is 1. The van der Waals surface area contributed by atoms with E-state index in [9.17, 15) is 4.79 Å². The molecule has 1 aromatic heterocycles. The summed E-state index contributed by atoms with van der Waals surface area (Å²) in [7, 11) is 3.05. The van der Waals surface area contributed by atoms with Gasteiger partial charge in [0.25, 0.3) is 5.56 Å². The molecule has 2 rings (SSSR count). The third kappa shape index (κ3) is 2.47. The molecular formula is C11H13N5O3. The van der Waals surface area contributed by atoms with Crippen LogP contribution in [0.15, 0.2) is 23.0 Å². The number of hydrogen-bond acceptors (Lipinski definition) is 7. The normalized spacial score (nSPS) is 10.1. The number of nitrogens with one attached hydrogen (secondary N) is 2. The van der Waals surface area contributed by atoms with Crippen LogP contribution in [0.25, 0.3) is 11.3 Å². The first-order valence-corrected chi connectivity index (χ1v) is 5.35. The molecule has 0 aliphatic heterocycles. The van der Waals surface area contributed by atoms with Crippen LogP contribution in [0.3, 0.4) is 0 Å². The van der Waals surface area contributed by atoms with Crippen molar-refractivity contribution in [3.8, 4) is 22.8 Å². The average Bonchev–Trinajstić information content (AvgIpc) is 2.46. The lowest BCUT2D eigenvalue weighted by molar-refractivity contribution is 0.355. The first-order valence-electron chi connectivity index (χ1n) is 5.35. The van der Waals surface area contributed by atoms with Crippen molar-refractivity contribution in [2.24, 2.45) is 5.84 Å². The van der Waals surface area contributed by atoms with E-state index >= 15 is 0 Å². The second-order valence-electron chi connectivity index (χ2n) is 3.57. The molecule has 0 aliphatic rings. The number of methoxy groups -OCH3 is 2. The number of nitrogens with two attached hydrogens (primary N) is 1. The van der Waals surface area contributed by atoms with Gasteiger partial charge >= 0.3 is 0 Å². The van der Waals surface area contributed by atoms with Crippen molar-refractivity contribution in [2.75, 3.05) is 19.6 Å². The number of benzene rings is 1. The van der Waals surface area contributed by atoms with E-state index in [2.05, 4.69) is 20.6 Å². The summed E-state index contributed by atoms with van der Waals surface area (Å²) in [5.74, 6) is 6.29. The van der Waals surface area contributed by atoms with Crippen molar-refractivity contribution >= 4 is 5.95 Å². The fourth-order valence-corrected chi connectivity index (χ4v) is 1.57. The maximum absolute atomic E-state index is 11.8. The highest BCUT2D eigenvalue weighted by Crippen LogP contribution is 2.30. The molecule has 19 heavy (non-hydrogen) atoms. The number of hydrogen-bond donors (Lipinski definition) is 3. The fraction of sp³-hybridized carbons (Fsp3) is 0.182. The molecule has 0 saturated heterocycles. The lowest BCUT2D eigenvalue weighted by Crippen LogP contribution is -2.19. The molecule has 0 saturated carbocycles. The van der Waals surface area contributed by atoms with Crippen molar-refractivity contribution in [3.63, 3.8) is 0 Å². The maximum Gasteiger partial charge on any atom is 0.279 e. The molecule has 8 nitrogen and oxygen atoms in total. The zero-order valence-corrected chi connectivity index (χ0v) is 10.4. The molecule has 0 aliphatic carbocycles. The van der Waals surface area contributed by atoms with Crippen LogP contribution in [-0.4, -0.2) is 29.4 Å². The zero-order valence-electron chi connectivity index (χ0n) is 10.4. The number of rotatable bonds is 4. The van der Waals surface area contributed by atoms with Gasteiger partial charge in [-0.05, 0) is 18.2 Å². The Bertz CT molecular complexity index is 640. The van der Waals surface area contributed by atoms with Crippen LogP contribution in [-0.2, 0) is 0 Å². The highest BCUT2D eigenvalue weighted by molar-refractivity contribution is 5.63. The SMILES string of the molecule is COc1ccc(-c2nnc(NN)[nH]c2=O)cc1OC. The van der Waals surface area contributed by atoms with Gasteiger partial charge in [-0.15, -0.1) is 10.2 Å². The van der Waals surface area contributed by atoms with Gasteiger partial charge in [-0.2, -0.15) is 0 Å². The first-order chi connectivity index (χ1) is 9.19. The predicted octanol–water partition coefficient (Wildman–Crippen LogP) is 0.135. The van der Waals surface area contributed by atoms with Crippen LogP contribution in [0.5, 0.6) is 11.5 Å². The molecule has 0 amide bonds. The Morgan fingerprint density at radius 3 is 2.53 bits per heavy atom. The van der Waals surface area contributed by atoms with Gasteiger partial charge in [0.2, 0.25) is 5.95 Å². The van der Waals surface area contributed by atoms with E-state index in [0.717, 1.165) is 0 Å². The minimum Gasteiger partial charge on any atom is -0.493 e. The summed E-state index contributed by atoms with van der Waals surface area (Å²) in [5.41, 5.74) is 2.54. The van der Waals surface area contributed by atoms with Crippen molar-refractivity contribution in [3.05, 3.63) is 28.6 Å². The van der Waals surface area contributed by atoms with Crippen LogP contribution >= 0.6 is 0 Å². The van der Waals surface area contributed by atoms with E-state index in [1.807, 2.05) is 0 Å². The molecule has 1 aromatic carbocycles. The van der Waals surface area contributed by atoms with Gasteiger partial charge < -0.3 is 9.47 Å². The lowest BCUT2D eigenvalue weighted by atomic mass is 10.1. The summed E-state index contributed by atoms with van der Waals surface area (Å²) in [6, 6.07) is 5.02. The molecule has 0 spiro atoms. The average molecular weight is 263 g/mol. The molecule has 0 radical (unpaired) electrons. The minimum absolute atomic E-state index is 0.0919. The van der Waals surface area contributed by atoms with Crippen LogP contribution in [0, 0.1) is 0 Å². The second-order valence-corrected chi connectivity index (χ2v) is 3.57.